The Labute approximate surface area is 89.1 Å². The van der Waals surface area contributed by atoms with E-state index in [1.54, 1.807) is 6.92 Å². The molecule has 1 heterocycles. The van der Waals surface area contributed by atoms with Gasteiger partial charge in [-0.15, -0.1) is 0 Å². The van der Waals surface area contributed by atoms with Gasteiger partial charge in [0.25, 0.3) is 0 Å². The van der Waals surface area contributed by atoms with Crippen molar-refractivity contribution >= 4 is 16.4 Å². The maximum Gasteiger partial charge on any atom is 0.423 e. The van der Waals surface area contributed by atoms with E-state index in [2.05, 4.69) is 4.18 Å². The van der Waals surface area contributed by atoms with Crippen molar-refractivity contribution in [2.24, 2.45) is 0 Å². The van der Waals surface area contributed by atoms with Crippen LogP contribution < -0.4 is 0 Å². The van der Waals surface area contributed by atoms with Crippen LogP contribution in [0.1, 0.15) is 33.1 Å². The van der Waals surface area contributed by atoms with Gasteiger partial charge in [-0.25, -0.2) is 8.98 Å². The van der Waals surface area contributed by atoms with Gasteiger partial charge < -0.3 is 5.11 Å². The second-order valence-corrected chi connectivity index (χ2v) is 4.99. The molecule has 0 spiro atoms. The Morgan fingerprint density at radius 3 is 2.60 bits per heavy atom. The first-order valence-electron chi connectivity index (χ1n) is 4.85. The summed E-state index contributed by atoms with van der Waals surface area (Å²) in [6, 6.07) is -0.590. The lowest BCUT2D eigenvalue weighted by Gasteiger charge is -2.18. The minimum absolute atomic E-state index is 0.424. The predicted octanol–water partition coefficient (Wildman–Crippen LogP) is 1.19. The molecule has 2 unspecified atom stereocenters. The zero-order chi connectivity index (χ0) is 11.6. The molecule has 6 nitrogen and oxygen atoms in total. The number of hydrogen-bond acceptors (Lipinski definition) is 4. The Balaban J connectivity index is 2.88. The Bertz CT molecular complexity index is 339. The highest BCUT2D eigenvalue weighted by molar-refractivity contribution is 7.85. The van der Waals surface area contributed by atoms with Crippen molar-refractivity contribution in [2.75, 3.05) is 0 Å². The molecule has 1 amide bonds. The quantitative estimate of drug-likeness (QED) is 0.797. The van der Waals surface area contributed by atoms with E-state index in [1.807, 2.05) is 6.92 Å². The molecule has 0 bridgehead atoms. The second-order valence-electron chi connectivity index (χ2n) is 3.55. The van der Waals surface area contributed by atoms with Crippen molar-refractivity contribution in [3.05, 3.63) is 0 Å². The first-order chi connectivity index (χ1) is 6.90. The van der Waals surface area contributed by atoms with Crippen LogP contribution in [-0.2, 0) is 14.5 Å². The van der Waals surface area contributed by atoms with Gasteiger partial charge in [0, 0.05) is 0 Å². The molecular weight excluding hydrogens is 222 g/mol. The minimum Gasteiger partial charge on any atom is -0.464 e. The van der Waals surface area contributed by atoms with Crippen LogP contribution in [0.25, 0.3) is 0 Å². The molecule has 1 N–H and O–H groups in total. The lowest BCUT2D eigenvalue weighted by molar-refractivity contribution is 0.151. The lowest BCUT2D eigenvalue weighted by atomic mass is 10.1. The fourth-order valence-electron chi connectivity index (χ4n) is 1.66. The fraction of sp³-hybridized carbons (Fsp3) is 0.875. The first kappa shape index (κ1) is 12.3. The van der Waals surface area contributed by atoms with E-state index < -0.39 is 28.5 Å². The summed E-state index contributed by atoms with van der Waals surface area (Å²) < 4.78 is 27.7. The summed E-state index contributed by atoms with van der Waals surface area (Å²) in [5.41, 5.74) is 0. The SMILES string of the molecule is CCCCC1C(C)OS(=O)(=O)N1C(=O)O. The van der Waals surface area contributed by atoms with Crippen LogP contribution in [0.5, 0.6) is 0 Å². The minimum atomic E-state index is -4.08. The fourth-order valence-corrected chi connectivity index (χ4v) is 3.07. The number of nitrogens with zero attached hydrogens (tertiary/aromatic N) is 1. The van der Waals surface area contributed by atoms with Gasteiger partial charge in [-0.1, -0.05) is 19.8 Å². The molecule has 2 atom stereocenters. The number of hydrogen-bond donors (Lipinski definition) is 1. The van der Waals surface area contributed by atoms with E-state index in [9.17, 15) is 13.2 Å². The molecule has 7 heteroatoms. The number of amides is 1. The van der Waals surface area contributed by atoms with Crippen molar-refractivity contribution < 1.29 is 22.5 Å². The zero-order valence-corrected chi connectivity index (χ0v) is 9.53. The maximum atomic E-state index is 11.3. The van der Waals surface area contributed by atoms with Crippen LogP contribution in [0, 0.1) is 0 Å². The van der Waals surface area contributed by atoms with Crippen LogP contribution in [-0.4, -0.2) is 36.1 Å². The third-order valence-corrected chi connectivity index (χ3v) is 3.85. The number of carboxylic acid groups (broad SMARTS) is 1. The smallest absolute Gasteiger partial charge is 0.423 e. The summed E-state index contributed by atoms with van der Waals surface area (Å²) in [7, 11) is -4.08. The number of carbonyl (C=O) groups is 1. The Morgan fingerprint density at radius 1 is 1.53 bits per heavy atom. The van der Waals surface area contributed by atoms with Gasteiger partial charge >= 0.3 is 16.4 Å². The number of unbranched alkanes of at least 4 members (excludes halogenated alkanes) is 1. The summed E-state index contributed by atoms with van der Waals surface area (Å²) in [6.45, 7) is 3.53. The van der Waals surface area contributed by atoms with E-state index in [0.717, 1.165) is 12.8 Å². The van der Waals surface area contributed by atoms with Crippen molar-refractivity contribution in [2.45, 2.75) is 45.3 Å². The molecule has 1 saturated heterocycles. The molecule has 1 aliphatic rings. The Morgan fingerprint density at radius 2 is 2.13 bits per heavy atom. The third-order valence-electron chi connectivity index (χ3n) is 2.40. The summed E-state index contributed by atoms with van der Waals surface area (Å²) in [5.74, 6) is 0. The van der Waals surface area contributed by atoms with Crippen molar-refractivity contribution in [1.29, 1.82) is 0 Å². The standard InChI is InChI=1S/C8H15NO5S/c1-3-4-5-7-6(2)14-15(12,13)9(7)8(10)11/h6-7H,3-5H2,1-2H3,(H,10,11). The normalized spacial score (nSPS) is 29.3. The first-order valence-corrected chi connectivity index (χ1v) is 6.22. The molecule has 1 rings (SSSR count). The summed E-state index contributed by atoms with van der Waals surface area (Å²) in [5, 5.41) is 8.80. The van der Waals surface area contributed by atoms with E-state index in [-0.39, 0.29) is 0 Å². The van der Waals surface area contributed by atoms with Gasteiger partial charge in [-0.3, -0.25) is 0 Å². The third kappa shape index (κ3) is 2.40. The van der Waals surface area contributed by atoms with Crippen LogP contribution in [0.3, 0.4) is 0 Å². The maximum absolute atomic E-state index is 11.3. The largest absolute Gasteiger partial charge is 0.464 e. The highest BCUT2D eigenvalue weighted by Crippen LogP contribution is 2.28. The summed E-state index contributed by atoms with van der Waals surface area (Å²) in [6.07, 6.45) is 0.0931. The van der Waals surface area contributed by atoms with Crippen LogP contribution >= 0.6 is 0 Å². The number of rotatable bonds is 3. The molecule has 0 aliphatic carbocycles. The van der Waals surface area contributed by atoms with Gasteiger partial charge in [-0.05, 0) is 13.3 Å². The van der Waals surface area contributed by atoms with Crippen molar-refractivity contribution in [1.82, 2.24) is 4.31 Å². The van der Waals surface area contributed by atoms with Crippen LogP contribution in [0.2, 0.25) is 0 Å². The highest BCUT2D eigenvalue weighted by atomic mass is 32.2. The van der Waals surface area contributed by atoms with E-state index >= 15 is 0 Å². The lowest BCUT2D eigenvalue weighted by Crippen LogP contribution is -2.39. The van der Waals surface area contributed by atoms with Gasteiger partial charge in [0.05, 0.1) is 12.1 Å². The molecule has 0 aromatic carbocycles. The van der Waals surface area contributed by atoms with E-state index in [1.165, 1.54) is 0 Å². The average molecular weight is 237 g/mol. The molecular formula is C8H15NO5S. The molecule has 0 radical (unpaired) electrons. The van der Waals surface area contributed by atoms with Gasteiger partial charge in [-0.2, -0.15) is 12.7 Å². The monoisotopic (exact) mass is 237 g/mol. The van der Waals surface area contributed by atoms with Crippen LogP contribution in [0.4, 0.5) is 4.79 Å². The predicted molar refractivity (Wildman–Crippen MR) is 52.6 cm³/mol. The molecule has 0 saturated carbocycles. The Kier molecular flexibility index (Phi) is 3.56. The molecule has 15 heavy (non-hydrogen) atoms. The molecule has 0 aromatic heterocycles. The van der Waals surface area contributed by atoms with Gasteiger partial charge in [0.2, 0.25) is 0 Å². The van der Waals surface area contributed by atoms with Crippen molar-refractivity contribution in [3.63, 3.8) is 0 Å². The van der Waals surface area contributed by atoms with E-state index in [4.69, 9.17) is 5.11 Å². The highest BCUT2D eigenvalue weighted by Gasteiger charge is 2.46. The average Bonchev–Trinajstić information content (AvgIpc) is 2.31. The molecule has 88 valence electrons. The second kappa shape index (κ2) is 4.36. The molecule has 1 aliphatic heterocycles. The topological polar surface area (TPSA) is 83.9 Å². The van der Waals surface area contributed by atoms with Crippen LogP contribution in [0.15, 0.2) is 0 Å². The van der Waals surface area contributed by atoms with Crippen molar-refractivity contribution in [3.8, 4) is 0 Å². The zero-order valence-electron chi connectivity index (χ0n) is 8.71. The Hall–Kier alpha value is -0.820. The molecule has 0 aromatic rings. The summed E-state index contributed by atoms with van der Waals surface area (Å²) >= 11 is 0. The van der Waals surface area contributed by atoms with Gasteiger partial charge in [0.15, 0.2) is 0 Å². The van der Waals surface area contributed by atoms with Gasteiger partial charge in [0.1, 0.15) is 0 Å². The molecule has 1 fully saturated rings. The summed E-state index contributed by atoms with van der Waals surface area (Å²) in [4.78, 5) is 10.8. The van der Waals surface area contributed by atoms with E-state index in [0.29, 0.717) is 10.7 Å².